The van der Waals surface area contributed by atoms with Gasteiger partial charge in [-0.1, -0.05) is 28.8 Å². The van der Waals surface area contributed by atoms with Gasteiger partial charge in [-0.3, -0.25) is 4.79 Å². The summed E-state index contributed by atoms with van der Waals surface area (Å²) in [6.07, 6.45) is 4.33. The Morgan fingerprint density at radius 2 is 2.29 bits per heavy atom. The second kappa shape index (κ2) is 6.88. The SMILES string of the molecule is CC1(N)CCCCC1C(=O)NCCc1cc(Br)ccc1F. The highest BCUT2D eigenvalue weighted by molar-refractivity contribution is 9.10. The van der Waals surface area contributed by atoms with Crippen molar-refractivity contribution in [2.45, 2.75) is 44.6 Å². The number of benzene rings is 1. The molecular weight excluding hydrogens is 335 g/mol. The summed E-state index contributed by atoms with van der Waals surface area (Å²) in [5.74, 6) is -0.387. The van der Waals surface area contributed by atoms with E-state index in [1.54, 1.807) is 12.1 Å². The molecule has 1 fully saturated rings. The van der Waals surface area contributed by atoms with Crippen LogP contribution in [0.25, 0.3) is 0 Å². The number of halogens is 2. The van der Waals surface area contributed by atoms with Crippen molar-refractivity contribution in [1.82, 2.24) is 5.32 Å². The number of hydrogen-bond acceptors (Lipinski definition) is 2. The summed E-state index contributed by atoms with van der Waals surface area (Å²) in [5, 5.41) is 2.90. The molecule has 0 bridgehead atoms. The lowest BCUT2D eigenvalue weighted by Gasteiger charge is -2.37. The zero-order chi connectivity index (χ0) is 15.5. The summed E-state index contributed by atoms with van der Waals surface area (Å²) in [7, 11) is 0. The molecule has 1 amide bonds. The molecule has 116 valence electrons. The first-order chi connectivity index (χ1) is 9.90. The molecule has 1 aliphatic rings. The van der Waals surface area contributed by atoms with Crippen LogP contribution in [0.1, 0.15) is 38.2 Å². The average molecular weight is 357 g/mol. The zero-order valence-electron chi connectivity index (χ0n) is 12.3. The number of amides is 1. The fraction of sp³-hybridized carbons (Fsp3) is 0.562. The molecule has 1 aromatic carbocycles. The first kappa shape index (κ1) is 16.4. The summed E-state index contributed by atoms with van der Waals surface area (Å²) >= 11 is 3.32. The van der Waals surface area contributed by atoms with Crippen LogP contribution < -0.4 is 11.1 Å². The molecule has 1 saturated carbocycles. The van der Waals surface area contributed by atoms with Gasteiger partial charge in [-0.25, -0.2) is 4.39 Å². The quantitative estimate of drug-likeness (QED) is 0.870. The number of rotatable bonds is 4. The van der Waals surface area contributed by atoms with E-state index in [-0.39, 0.29) is 17.6 Å². The second-order valence-electron chi connectivity index (χ2n) is 6.08. The van der Waals surface area contributed by atoms with E-state index in [0.717, 1.165) is 30.2 Å². The lowest BCUT2D eigenvalue weighted by molar-refractivity contribution is -0.128. The first-order valence-electron chi connectivity index (χ1n) is 7.41. The molecule has 2 rings (SSSR count). The third-order valence-electron chi connectivity index (χ3n) is 4.27. The van der Waals surface area contributed by atoms with Crippen molar-refractivity contribution in [1.29, 1.82) is 0 Å². The van der Waals surface area contributed by atoms with Crippen LogP contribution in [0.2, 0.25) is 0 Å². The molecule has 5 heteroatoms. The van der Waals surface area contributed by atoms with Gasteiger partial charge in [-0.15, -0.1) is 0 Å². The Morgan fingerprint density at radius 1 is 1.52 bits per heavy atom. The van der Waals surface area contributed by atoms with Crippen molar-refractivity contribution in [2.24, 2.45) is 11.7 Å². The molecule has 2 atom stereocenters. The molecule has 0 radical (unpaired) electrons. The molecule has 2 unspecified atom stereocenters. The van der Waals surface area contributed by atoms with E-state index < -0.39 is 5.54 Å². The third-order valence-corrected chi connectivity index (χ3v) is 4.77. The number of nitrogens with one attached hydrogen (secondary N) is 1. The first-order valence-corrected chi connectivity index (χ1v) is 8.20. The molecule has 1 aliphatic carbocycles. The Bertz CT molecular complexity index is 519. The van der Waals surface area contributed by atoms with E-state index in [9.17, 15) is 9.18 Å². The minimum Gasteiger partial charge on any atom is -0.355 e. The minimum atomic E-state index is -0.427. The van der Waals surface area contributed by atoms with Crippen molar-refractivity contribution in [3.05, 3.63) is 34.1 Å². The molecule has 0 saturated heterocycles. The van der Waals surface area contributed by atoms with Gasteiger partial charge in [0, 0.05) is 16.6 Å². The van der Waals surface area contributed by atoms with E-state index in [1.165, 1.54) is 6.07 Å². The van der Waals surface area contributed by atoms with Gasteiger partial charge in [0.05, 0.1) is 5.92 Å². The van der Waals surface area contributed by atoms with E-state index in [1.807, 2.05) is 6.92 Å². The third kappa shape index (κ3) is 4.27. The van der Waals surface area contributed by atoms with Crippen LogP contribution >= 0.6 is 15.9 Å². The highest BCUT2D eigenvalue weighted by Gasteiger charge is 2.37. The highest BCUT2D eigenvalue weighted by Crippen LogP contribution is 2.31. The number of nitrogens with two attached hydrogens (primary N) is 1. The van der Waals surface area contributed by atoms with Gasteiger partial charge in [0.1, 0.15) is 5.82 Å². The number of carbonyl (C=O) groups excluding carboxylic acids is 1. The van der Waals surface area contributed by atoms with E-state index >= 15 is 0 Å². The maximum atomic E-state index is 13.6. The van der Waals surface area contributed by atoms with Gasteiger partial charge in [0.15, 0.2) is 0 Å². The van der Waals surface area contributed by atoms with Crippen molar-refractivity contribution >= 4 is 21.8 Å². The van der Waals surface area contributed by atoms with Crippen LogP contribution in [-0.2, 0) is 11.2 Å². The summed E-state index contributed by atoms with van der Waals surface area (Å²) < 4.78 is 14.5. The molecule has 0 spiro atoms. The van der Waals surface area contributed by atoms with Crippen LogP contribution in [0, 0.1) is 11.7 Å². The Balaban J connectivity index is 1.88. The van der Waals surface area contributed by atoms with Gasteiger partial charge in [0.25, 0.3) is 0 Å². The topological polar surface area (TPSA) is 55.1 Å². The number of hydrogen-bond donors (Lipinski definition) is 2. The van der Waals surface area contributed by atoms with Crippen LogP contribution in [0.4, 0.5) is 4.39 Å². The Morgan fingerprint density at radius 3 is 3.00 bits per heavy atom. The lowest BCUT2D eigenvalue weighted by atomic mass is 9.74. The molecule has 1 aromatic rings. The largest absolute Gasteiger partial charge is 0.355 e. The molecule has 21 heavy (non-hydrogen) atoms. The molecule has 3 nitrogen and oxygen atoms in total. The van der Waals surface area contributed by atoms with Crippen molar-refractivity contribution in [3.63, 3.8) is 0 Å². The van der Waals surface area contributed by atoms with Crippen LogP contribution in [0.3, 0.4) is 0 Å². The fourth-order valence-electron chi connectivity index (χ4n) is 2.97. The van der Waals surface area contributed by atoms with Crippen molar-refractivity contribution in [2.75, 3.05) is 6.54 Å². The van der Waals surface area contributed by atoms with Crippen molar-refractivity contribution in [3.8, 4) is 0 Å². The maximum absolute atomic E-state index is 13.6. The van der Waals surface area contributed by atoms with Crippen LogP contribution in [-0.4, -0.2) is 18.0 Å². The predicted octanol–water partition coefficient (Wildman–Crippen LogP) is 3.15. The highest BCUT2D eigenvalue weighted by atomic mass is 79.9. The summed E-state index contributed by atoms with van der Waals surface area (Å²) in [6.45, 7) is 2.38. The van der Waals surface area contributed by atoms with Crippen molar-refractivity contribution < 1.29 is 9.18 Å². The van der Waals surface area contributed by atoms with Gasteiger partial charge in [-0.2, -0.15) is 0 Å². The minimum absolute atomic E-state index is 0.00453. The summed E-state index contributed by atoms with van der Waals surface area (Å²) in [4.78, 5) is 12.3. The monoisotopic (exact) mass is 356 g/mol. The zero-order valence-corrected chi connectivity index (χ0v) is 13.9. The van der Waals surface area contributed by atoms with Gasteiger partial charge < -0.3 is 11.1 Å². The predicted molar refractivity (Wildman–Crippen MR) is 85.4 cm³/mol. The number of carbonyl (C=O) groups is 1. The smallest absolute Gasteiger partial charge is 0.224 e. The van der Waals surface area contributed by atoms with Gasteiger partial charge >= 0.3 is 0 Å². The van der Waals surface area contributed by atoms with Crippen LogP contribution in [0.15, 0.2) is 22.7 Å². The lowest BCUT2D eigenvalue weighted by Crippen LogP contribution is -2.53. The summed E-state index contributed by atoms with van der Waals surface area (Å²) in [5.41, 5.74) is 6.40. The normalized spacial score (nSPS) is 25.6. The molecule has 0 heterocycles. The van der Waals surface area contributed by atoms with Gasteiger partial charge in [0.2, 0.25) is 5.91 Å². The van der Waals surface area contributed by atoms with E-state index in [2.05, 4.69) is 21.2 Å². The van der Waals surface area contributed by atoms with Gasteiger partial charge in [-0.05, 0) is 49.9 Å². The Hall–Kier alpha value is -0.940. The maximum Gasteiger partial charge on any atom is 0.224 e. The second-order valence-corrected chi connectivity index (χ2v) is 7.00. The molecule has 3 N–H and O–H groups in total. The fourth-order valence-corrected chi connectivity index (χ4v) is 3.38. The Labute approximate surface area is 133 Å². The Kier molecular flexibility index (Phi) is 5.38. The van der Waals surface area contributed by atoms with E-state index in [4.69, 9.17) is 5.73 Å². The average Bonchev–Trinajstić information content (AvgIpc) is 2.42. The van der Waals surface area contributed by atoms with Crippen LogP contribution in [0.5, 0.6) is 0 Å². The standard InChI is InChI=1S/C16H22BrFN2O/c1-16(19)8-3-2-4-13(16)15(21)20-9-7-11-10-12(17)5-6-14(11)18/h5-6,10,13H,2-4,7-9,19H2,1H3,(H,20,21). The molecule has 0 aromatic heterocycles. The summed E-state index contributed by atoms with van der Waals surface area (Å²) in [6, 6.07) is 4.84. The molecular formula is C16H22BrFN2O. The molecule has 0 aliphatic heterocycles. The van der Waals surface area contributed by atoms with E-state index in [0.29, 0.717) is 18.5 Å².